The first-order chi connectivity index (χ1) is 7.74. The highest BCUT2D eigenvalue weighted by Gasteiger charge is 2.19. The Hall–Kier alpha value is -1.83. The zero-order valence-corrected chi connectivity index (χ0v) is 8.90. The third-order valence-corrected chi connectivity index (χ3v) is 3.07. The van der Waals surface area contributed by atoms with Crippen molar-refractivity contribution in [2.75, 3.05) is 0 Å². The Morgan fingerprint density at radius 3 is 2.62 bits per heavy atom. The Kier molecular flexibility index (Phi) is 2.91. The van der Waals surface area contributed by atoms with Crippen LogP contribution in [0.2, 0.25) is 0 Å². The van der Waals surface area contributed by atoms with Gasteiger partial charge < -0.3 is 4.98 Å². The van der Waals surface area contributed by atoms with Gasteiger partial charge in [0.05, 0.1) is 0 Å². The lowest BCUT2D eigenvalue weighted by Gasteiger charge is -2.22. The summed E-state index contributed by atoms with van der Waals surface area (Å²) in [5.74, 6) is 0. The molecule has 1 aliphatic carbocycles. The zero-order valence-electron chi connectivity index (χ0n) is 8.90. The highest BCUT2D eigenvalue weighted by atomic mass is 16.2. The number of nitrogens with one attached hydrogen (secondary N) is 1. The molecule has 0 saturated heterocycles. The van der Waals surface area contributed by atoms with E-state index in [0.717, 1.165) is 32.1 Å². The number of aromatic amines is 1. The molecule has 1 heterocycles. The summed E-state index contributed by atoms with van der Waals surface area (Å²) < 4.78 is 1.21. The molecule has 5 nitrogen and oxygen atoms in total. The van der Waals surface area contributed by atoms with Gasteiger partial charge in [0.2, 0.25) is 0 Å². The molecule has 1 aliphatic rings. The molecular formula is C11H13N3O2. The summed E-state index contributed by atoms with van der Waals surface area (Å²) in [6.45, 7) is 0. The van der Waals surface area contributed by atoms with Crippen LogP contribution in [0.15, 0.2) is 15.8 Å². The summed E-state index contributed by atoms with van der Waals surface area (Å²) in [4.78, 5) is 25.9. The molecule has 5 heteroatoms. The topological polar surface area (TPSA) is 78.7 Å². The van der Waals surface area contributed by atoms with Crippen LogP contribution in [0.3, 0.4) is 0 Å². The van der Waals surface area contributed by atoms with Gasteiger partial charge in [0.25, 0.3) is 5.56 Å². The van der Waals surface area contributed by atoms with Gasteiger partial charge in [0, 0.05) is 12.2 Å². The van der Waals surface area contributed by atoms with E-state index in [1.165, 1.54) is 10.8 Å². The molecule has 0 aliphatic heterocycles. The van der Waals surface area contributed by atoms with Gasteiger partial charge >= 0.3 is 5.69 Å². The van der Waals surface area contributed by atoms with Crippen LogP contribution in [0.1, 0.15) is 43.7 Å². The third kappa shape index (κ3) is 1.78. The van der Waals surface area contributed by atoms with Crippen LogP contribution in [-0.4, -0.2) is 9.55 Å². The number of H-pyrrole nitrogens is 1. The maximum absolute atomic E-state index is 11.8. The molecule has 0 amide bonds. The molecule has 1 saturated carbocycles. The molecule has 0 unspecified atom stereocenters. The van der Waals surface area contributed by atoms with Crippen molar-refractivity contribution in [1.29, 1.82) is 5.26 Å². The molecule has 0 bridgehead atoms. The van der Waals surface area contributed by atoms with Crippen LogP contribution in [0.25, 0.3) is 0 Å². The standard InChI is InChI=1S/C11H13N3O2/c12-6-8-7-13-11(16)14(10(8)15)9-4-2-1-3-5-9/h7,9H,1-5H2,(H,13,16). The van der Waals surface area contributed by atoms with Gasteiger partial charge in [-0.15, -0.1) is 0 Å². The van der Waals surface area contributed by atoms with Crippen LogP contribution in [0.5, 0.6) is 0 Å². The van der Waals surface area contributed by atoms with Crippen LogP contribution in [-0.2, 0) is 0 Å². The quantitative estimate of drug-likeness (QED) is 0.762. The maximum Gasteiger partial charge on any atom is 0.328 e. The maximum atomic E-state index is 11.8. The van der Waals surface area contributed by atoms with Crippen LogP contribution in [0.4, 0.5) is 0 Å². The summed E-state index contributed by atoms with van der Waals surface area (Å²) in [5, 5.41) is 8.75. The minimum atomic E-state index is -0.460. The minimum absolute atomic E-state index is 0.00479. The van der Waals surface area contributed by atoms with E-state index in [0.29, 0.717) is 0 Å². The van der Waals surface area contributed by atoms with Gasteiger partial charge in [-0.1, -0.05) is 19.3 Å². The molecule has 1 fully saturated rings. The predicted molar refractivity (Wildman–Crippen MR) is 58.2 cm³/mol. The summed E-state index contributed by atoms with van der Waals surface area (Å²) in [6.07, 6.45) is 6.10. The second kappa shape index (κ2) is 4.35. The summed E-state index contributed by atoms with van der Waals surface area (Å²) in [5.41, 5.74) is -0.862. The molecule has 0 radical (unpaired) electrons. The van der Waals surface area contributed by atoms with E-state index in [2.05, 4.69) is 4.98 Å². The lowest BCUT2D eigenvalue weighted by molar-refractivity contribution is 0.336. The minimum Gasteiger partial charge on any atom is -0.313 e. The summed E-state index contributed by atoms with van der Waals surface area (Å²) in [6, 6.07) is 1.76. The molecule has 1 aromatic rings. The van der Waals surface area contributed by atoms with Crippen molar-refractivity contribution in [3.8, 4) is 6.07 Å². The van der Waals surface area contributed by atoms with E-state index >= 15 is 0 Å². The van der Waals surface area contributed by atoms with Gasteiger partial charge in [-0.25, -0.2) is 4.79 Å². The number of hydrogen-bond donors (Lipinski definition) is 1. The molecule has 84 valence electrons. The van der Waals surface area contributed by atoms with E-state index in [4.69, 9.17) is 5.26 Å². The molecule has 0 aromatic carbocycles. The van der Waals surface area contributed by atoms with Gasteiger partial charge in [-0.2, -0.15) is 5.26 Å². The van der Waals surface area contributed by atoms with E-state index in [1.807, 2.05) is 0 Å². The Morgan fingerprint density at radius 1 is 1.31 bits per heavy atom. The van der Waals surface area contributed by atoms with Gasteiger partial charge in [-0.3, -0.25) is 9.36 Å². The summed E-state index contributed by atoms with van der Waals surface area (Å²) in [7, 11) is 0. The molecule has 16 heavy (non-hydrogen) atoms. The first kappa shape index (κ1) is 10.7. The van der Waals surface area contributed by atoms with Crippen molar-refractivity contribution in [2.24, 2.45) is 0 Å². The fraction of sp³-hybridized carbons (Fsp3) is 0.545. The smallest absolute Gasteiger partial charge is 0.313 e. The van der Waals surface area contributed by atoms with Gasteiger partial charge in [-0.05, 0) is 12.8 Å². The fourth-order valence-electron chi connectivity index (χ4n) is 2.24. The number of nitrogens with zero attached hydrogens (tertiary/aromatic N) is 2. The summed E-state index contributed by atoms with van der Waals surface area (Å²) >= 11 is 0. The largest absolute Gasteiger partial charge is 0.328 e. The van der Waals surface area contributed by atoms with Gasteiger partial charge in [0.15, 0.2) is 0 Å². The first-order valence-corrected chi connectivity index (χ1v) is 5.48. The van der Waals surface area contributed by atoms with Crippen molar-refractivity contribution in [2.45, 2.75) is 38.1 Å². The van der Waals surface area contributed by atoms with E-state index in [1.54, 1.807) is 6.07 Å². The highest BCUT2D eigenvalue weighted by Crippen LogP contribution is 2.25. The fourth-order valence-corrected chi connectivity index (χ4v) is 2.24. The molecular weight excluding hydrogens is 206 g/mol. The Labute approximate surface area is 92.3 Å². The molecule has 0 spiro atoms. The second-order valence-electron chi connectivity index (χ2n) is 4.09. The monoisotopic (exact) mass is 219 g/mol. The van der Waals surface area contributed by atoms with Crippen molar-refractivity contribution in [3.63, 3.8) is 0 Å². The van der Waals surface area contributed by atoms with Crippen LogP contribution >= 0.6 is 0 Å². The number of rotatable bonds is 1. The third-order valence-electron chi connectivity index (χ3n) is 3.07. The molecule has 1 N–H and O–H groups in total. The van der Waals surface area contributed by atoms with Crippen molar-refractivity contribution in [3.05, 3.63) is 32.6 Å². The van der Waals surface area contributed by atoms with Crippen molar-refractivity contribution >= 4 is 0 Å². The number of nitriles is 1. The highest BCUT2D eigenvalue weighted by molar-refractivity contribution is 5.21. The first-order valence-electron chi connectivity index (χ1n) is 5.48. The predicted octanol–water partition coefficient (Wildman–Crippen LogP) is 0.913. The average Bonchev–Trinajstić information content (AvgIpc) is 2.31. The molecule has 0 atom stereocenters. The average molecular weight is 219 g/mol. The van der Waals surface area contributed by atoms with E-state index < -0.39 is 11.2 Å². The van der Waals surface area contributed by atoms with E-state index in [-0.39, 0.29) is 11.6 Å². The molecule has 2 rings (SSSR count). The van der Waals surface area contributed by atoms with E-state index in [9.17, 15) is 9.59 Å². The van der Waals surface area contributed by atoms with Crippen LogP contribution < -0.4 is 11.2 Å². The molecule has 1 aromatic heterocycles. The Morgan fingerprint density at radius 2 is 2.00 bits per heavy atom. The zero-order chi connectivity index (χ0) is 11.5. The van der Waals surface area contributed by atoms with Crippen LogP contribution in [0, 0.1) is 11.3 Å². The SMILES string of the molecule is N#Cc1c[nH]c(=O)n(C2CCCCC2)c1=O. The second-order valence-corrected chi connectivity index (χ2v) is 4.09. The van der Waals surface area contributed by atoms with Crippen molar-refractivity contribution in [1.82, 2.24) is 9.55 Å². The Bertz CT molecular complexity index is 529. The lowest BCUT2D eigenvalue weighted by atomic mass is 9.95. The Balaban J connectivity index is 2.51. The van der Waals surface area contributed by atoms with Gasteiger partial charge in [0.1, 0.15) is 11.6 Å². The normalized spacial score (nSPS) is 16.9. The lowest BCUT2D eigenvalue weighted by Crippen LogP contribution is -2.39. The van der Waals surface area contributed by atoms with Crippen molar-refractivity contribution < 1.29 is 0 Å². The number of hydrogen-bond acceptors (Lipinski definition) is 3. The number of aromatic nitrogens is 2.